The standard InChI is InChI=1S/C20H29FN2O2/c1-15(16-3-2-10-22-14-16)13-20(24)23-11-8-19(9-12-23)25-18-6-4-17(21)5-7-18/h4-7,15-16,19,22H,2-3,8-14H2,1H3. The largest absolute Gasteiger partial charge is 0.490 e. The van der Waals surface area contributed by atoms with Crippen LogP contribution in [0.4, 0.5) is 4.39 Å². The summed E-state index contributed by atoms with van der Waals surface area (Å²) in [4.78, 5) is 14.6. The first kappa shape index (κ1) is 18.2. The zero-order chi connectivity index (χ0) is 17.6. The number of carbonyl (C=O) groups is 1. The molecule has 2 heterocycles. The highest BCUT2D eigenvalue weighted by Gasteiger charge is 2.27. The van der Waals surface area contributed by atoms with Crippen molar-refractivity contribution < 1.29 is 13.9 Å². The van der Waals surface area contributed by atoms with Crippen molar-refractivity contribution >= 4 is 5.91 Å². The van der Waals surface area contributed by atoms with Crippen molar-refractivity contribution in [2.45, 2.75) is 45.1 Å². The first-order chi connectivity index (χ1) is 12.1. The van der Waals surface area contributed by atoms with E-state index < -0.39 is 0 Å². The molecular formula is C20H29FN2O2. The molecule has 0 spiro atoms. The molecule has 1 aromatic rings. The van der Waals surface area contributed by atoms with Gasteiger partial charge in [0.15, 0.2) is 0 Å². The summed E-state index contributed by atoms with van der Waals surface area (Å²) in [6.07, 6.45) is 4.87. The number of carbonyl (C=O) groups excluding carboxylic acids is 1. The fraction of sp³-hybridized carbons (Fsp3) is 0.650. The summed E-state index contributed by atoms with van der Waals surface area (Å²) in [5.74, 6) is 1.78. The fourth-order valence-corrected chi connectivity index (χ4v) is 3.86. The highest BCUT2D eigenvalue weighted by molar-refractivity contribution is 5.76. The molecule has 1 amide bonds. The molecule has 2 atom stereocenters. The van der Waals surface area contributed by atoms with Crippen LogP contribution in [0.15, 0.2) is 24.3 Å². The second-order valence-corrected chi connectivity index (χ2v) is 7.44. The molecule has 2 aliphatic heterocycles. The smallest absolute Gasteiger partial charge is 0.222 e. The molecule has 2 fully saturated rings. The maximum Gasteiger partial charge on any atom is 0.222 e. The lowest BCUT2D eigenvalue weighted by atomic mass is 9.85. The van der Waals surface area contributed by atoms with Crippen LogP contribution in [0, 0.1) is 17.7 Å². The molecule has 2 saturated heterocycles. The lowest BCUT2D eigenvalue weighted by Gasteiger charge is -2.34. The van der Waals surface area contributed by atoms with E-state index in [1.165, 1.54) is 25.0 Å². The Bertz CT molecular complexity index is 549. The molecular weight excluding hydrogens is 319 g/mol. The van der Waals surface area contributed by atoms with Crippen LogP contribution < -0.4 is 10.1 Å². The minimum Gasteiger partial charge on any atom is -0.490 e. The van der Waals surface area contributed by atoms with Crippen molar-refractivity contribution in [3.63, 3.8) is 0 Å². The lowest BCUT2D eigenvalue weighted by Crippen LogP contribution is -2.43. The molecule has 0 aromatic heterocycles. The third-order valence-corrected chi connectivity index (χ3v) is 5.55. The summed E-state index contributed by atoms with van der Waals surface area (Å²) in [6.45, 7) is 5.86. The molecule has 5 heteroatoms. The van der Waals surface area contributed by atoms with Crippen LogP contribution in [0.5, 0.6) is 5.75 Å². The molecule has 2 unspecified atom stereocenters. The van der Waals surface area contributed by atoms with E-state index in [-0.39, 0.29) is 17.8 Å². The van der Waals surface area contributed by atoms with Gasteiger partial charge in [-0.05, 0) is 62.0 Å². The summed E-state index contributed by atoms with van der Waals surface area (Å²) in [7, 11) is 0. The van der Waals surface area contributed by atoms with Gasteiger partial charge in [0.2, 0.25) is 5.91 Å². The Morgan fingerprint density at radius 1 is 1.28 bits per heavy atom. The van der Waals surface area contributed by atoms with Crippen LogP contribution >= 0.6 is 0 Å². The van der Waals surface area contributed by atoms with E-state index in [0.717, 1.165) is 39.0 Å². The van der Waals surface area contributed by atoms with E-state index >= 15 is 0 Å². The van der Waals surface area contributed by atoms with Gasteiger partial charge in [0.25, 0.3) is 0 Å². The summed E-state index contributed by atoms with van der Waals surface area (Å²) < 4.78 is 18.8. The second-order valence-electron chi connectivity index (χ2n) is 7.44. The van der Waals surface area contributed by atoms with Crippen molar-refractivity contribution in [2.24, 2.45) is 11.8 Å². The van der Waals surface area contributed by atoms with Gasteiger partial charge in [-0.25, -0.2) is 4.39 Å². The monoisotopic (exact) mass is 348 g/mol. The number of rotatable bonds is 5. The highest BCUT2D eigenvalue weighted by Crippen LogP contribution is 2.25. The number of nitrogens with zero attached hydrogens (tertiary/aromatic N) is 1. The van der Waals surface area contributed by atoms with Crippen LogP contribution in [-0.4, -0.2) is 43.1 Å². The predicted octanol–water partition coefficient (Wildman–Crippen LogP) is 3.22. The first-order valence-electron chi connectivity index (χ1n) is 9.52. The predicted molar refractivity (Wildman–Crippen MR) is 96.0 cm³/mol. The second kappa shape index (κ2) is 8.65. The van der Waals surface area contributed by atoms with E-state index in [2.05, 4.69) is 12.2 Å². The highest BCUT2D eigenvalue weighted by atomic mass is 19.1. The van der Waals surface area contributed by atoms with Gasteiger partial charge in [-0.1, -0.05) is 6.92 Å². The SMILES string of the molecule is CC(CC(=O)N1CCC(Oc2ccc(F)cc2)CC1)C1CCCNC1. The number of amides is 1. The molecule has 0 aliphatic carbocycles. The quantitative estimate of drug-likeness (QED) is 0.888. The number of piperidine rings is 2. The summed E-state index contributed by atoms with van der Waals surface area (Å²) >= 11 is 0. The van der Waals surface area contributed by atoms with E-state index in [1.807, 2.05) is 4.90 Å². The van der Waals surface area contributed by atoms with Crippen molar-refractivity contribution in [3.8, 4) is 5.75 Å². The van der Waals surface area contributed by atoms with Gasteiger partial charge < -0.3 is 15.0 Å². The zero-order valence-electron chi connectivity index (χ0n) is 15.0. The van der Waals surface area contributed by atoms with Crippen LogP contribution in [0.3, 0.4) is 0 Å². The van der Waals surface area contributed by atoms with Gasteiger partial charge in [-0.2, -0.15) is 0 Å². The molecule has 1 aromatic carbocycles. The molecule has 0 radical (unpaired) electrons. The molecule has 1 N–H and O–H groups in total. The molecule has 25 heavy (non-hydrogen) atoms. The summed E-state index contributed by atoms with van der Waals surface area (Å²) in [5.41, 5.74) is 0. The topological polar surface area (TPSA) is 41.6 Å². The third-order valence-electron chi connectivity index (χ3n) is 5.55. The van der Waals surface area contributed by atoms with Crippen molar-refractivity contribution in [2.75, 3.05) is 26.2 Å². The maximum atomic E-state index is 12.9. The van der Waals surface area contributed by atoms with E-state index in [4.69, 9.17) is 4.74 Å². The maximum absolute atomic E-state index is 12.9. The Labute approximate surface area is 149 Å². The minimum atomic E-state index is -0.255. The van der Waals surface area contributed by atoms with E-state index in [0.29, 0.717) is 24.0 Å². The van der Waals surface area contributed by atoms with Crippen molar-refractivity contribution in [1.82, 2.24) is 10.2 Å². The van der Waals surface area contributed by atoms with Gasteiger partial charge in [0, 0.05) is 32.4 Å². The van der Waals surface area contributed by atoms with E-state index in [9.17, 15) is 9.18 Å². The average molecular weight is 348 g/mol. The number of halogens is 1. The first-order valence-corrected chi connectivity index (χ1v) is 9.52. The molecule has 4 nitrogen and oxygen atoms in total. The molecule has 2 aliphatic rings. The van der Waals surface area contributed by atoms with Crippen molar-refractivity contribution in [1.29, 1.82) is 0 Å². The number of hydrogen-bond donors (Lipinski definition) is 1. The van der Waals surface area contributed by atoms with Gasteiger partial charge in [-0.3, -0.25) is 4.79 Å². The summed E-state index contributed by atoms with van der Waals surface area (Å²) in [5, 5.41) is 3.44. The Hall–Kier alpha value is -1.62. The van der Waals surface area contributed by atoms with Gasteiger partial charge in [0.05, 0.1) is 0 Å². The number of likely N-dealkylation sites (tertiary alicyclic amines) is 1. The molecule has 138 valence electrons. The number of ether oxygens (including phenoxy) is 1. The van der Waals surface area contributed by atoms with Gasteiger partial charge >= 0.3 is 0 Å². The van der Waals surface area contributed by atoms with Crippen molar-refractivity contribution in [3.05, 3.63) is 30.1 Å². The van der Waals surface area contributed by atoms with Gasteiger partial charge in [0.1, 0.15) is 17.7 Å². The third kappa shape index (κ3) is 5.18. The van der Waals surface area contributed by atoms with Crippen LogP contribution in [-0.2, 0) is 4.79 Å². The number of nitrogens with one attached hydrogen (secondary N) is 1. The van der Waals surface area contributed by atoms with Crippen LogP contribution in [0.25, 0.3) is 0 Å². The Morgan fingerprint density at radius 3 is 2.64 bits per heavy atom. The lowest BCUT2D eigenvalue weighted by molar-refractivity contribution is -0.134. The Morgan fingerprint density at radius 2 is 2.00 bits per heavy atom. The average Bonchev–Trinajstić information content (AvgIpc) is 2.65. The summed E-state index contributed by atoms with van der Waals surface area (Å²) in [6, 6.07) is 6.14. The number of hydrogen-bond acceptors (Lipinski definition) is 3. The van der Waals surface area contributed by atoms with Crippen LogP contribution in [0.2, 0.25) is 0 Å². The molecule has 0 saturated carbocycles. The molecule has 0 bridgehead atoms. The van der Waals surface area contributed by atoms with Gasteiger partial charge in [-0.15, -0.1) is 0 Å². The van der Waals surface area contributed by atoms with Crippen LogP contribution in [0.1, 0.15) is 39.0 Å². The minimum absolute atomic E-state index is 0.106. The zero-order valence-corrected chi connectivity index (χ0v) is 15.0. The fourth-order valence-electron chi connectivity index (χ4n) is 3.86. The normalized spacial score (nSPS) is 23.3. The molecule has 3 rings (SSSR count). The number of benzene rings is 1. The van der Waals surface area contributed by atoms with E-state index in [1.54, 1.807) is 12.1 Å². The Balaban J connectivity index is 1.41. The Kier molecular flexibility index (Phi) is 6.29.